The molecule has 1 aromatic carbocycles. The van der Waals surface area contributed by atoms with Gasteiger partial charge in [-0.3, -0.25) is 4.99 Å². The molecule has 0 fully saturated rings. The third-order valence-corrected chi connectivity index (χ3v) is 4.29. The summed E-state index contributed by atoms with van der Waals surface area (Å²) in [6.07, 6.45) is 10.3. The number of aliphatic imine (C=N–C) groups is 1. The Balaban J connectivity index is 2.00. The van der Waals surface area contributed by atoms with Crippen molar-refractivity contribution in [1.29, 1.82) is 0 Å². The number of benzene rings is 1. The molecule has 3 rings (SSSR count). The molecule has 0 N–H and O–H groups in total. The van der Waals surface area contributed by atoms with Crippen LogP contribution in [0.2, 0.25) is 0 Å². The van der Waals surface area contributed by atoms with Crippen LogP contribution in [0.5, 0.6) is 0 Å². The van der Waals surface area contributed by atoms with Crippen molar-refractivity contribution in [3.05, 3.63) is 47.5 Å². The minimum Gasteiger partial charge on any atom is -0.349 e. The van der Waals surface area contributed by atoms with Crippen LogP contribution in [0.1, 0.15) is 44.7 Å². The standard InChI is InChI=1S/C18H24N2/c1-17(2,3)19-14-20-13-7-6-11-18(20)12-10-15-8-4-5-9-16(15)18/h4-6,8-9,11,14H,7,10,12-13H2,1-3H3. The molecule has 0 amide bonds. The predicted molar refractivity (Wildman–Crippen MR) is 85.1 cm³/mol. The number of rotatable bonds is 1. The second kappa shape index (κ2) is 4.76. The lowest BCUT2D eigenvalue weighted by molar-refractivity contribution is 0.225. The van der Waals surface area contributed by atoms with Crippen LogP contribution in [0.4, 0.5) is 0 Å². The van der Waals surface area contributed by atoms with E-state index >= 15 is 0 Å². The largest absolute Gasteiger partial charge is 0.349 e. The van der Waals surface area contributed by atoms with E-state index in [-0.39, 0.29) is 11.1 Å². The van der Waals surface area contributed by atoms with Gasteiger partial charge in [-0.05, 0) is 51.2 Å². The number of hydrogen-bond acceptors (Lipinski definition) is 1. The van der Waals surface area contributed by atoms with Gasteiger partial charge in [0.2, 0.25) is 0 Å². The molecule has 0 bridgehead atoms. The van der Waals surface area contributed by atoms with Gasteiger partial charge in [-0.25, -0.2) is 0 Å². The lowest BCUT2D eigenvalue weighted by Crippen LogP contribution is -2.45. The van der Waals surface area contributed by atoms with Gasteiger partial charge in [0.15, 0.2) is 0 Å². The highest BCUT2D eigenvalue weighted by Crippen LogP contribution is 2.44. The molecule has 1 aliphatic carbocycles. The Morgan fingerprint density at radius 3 is 2.85 bits per heavy atom. The quantitative estimate of drug-likeness (QED) is 0.428. The number of nitrogens with zero attached hydrogens (tertiary/aromatic N) is 2. The Kier molecular flexibility index (Phi) is 3.19. The SMILES string of the molecule is CC(C)(C)N=CN1CCC=CC12CCc1ccccc12. The van der Waals surface area contributed by atoms with E-state index in [0.29, 0.717) is 0 Å². The summed E-state index contributed by atoms with van der Waals surface area (Å²) in [7, 11) is 0. The van der Waals surface area contributed by atoms with E-state index < -0.39 is 0 Å². The average molecular weight is 268 g/mol. The second-order valence-corrected chi connectivity index (χ2v) is 6.88. The summed E-state index contributed by atoms with van der Waals surface area (Å²) < 4.78 is 0. The first-order valence-electron chi connectivity index (χ1n) is 7.59. The third-order valence-electron chi connectivity index (χ3n) is 4.29. The fourth-order valence-corrected chi connectivity index (χ4v) is 3.28. The van der Waals surface area contributed by atoms with Crippen LogP contribution in [0.3, 0.4) is 0 Å². The van der Waals surface area contributed by atoms with Crippen molar-refractivity contribution in [1.82, 2.24) is 4.90 Å². The van der Waals surface area contributed by atoms with Gasteiger partial charge in [0.05, 0.1) is 17.4 Å². The maximum Gasteiger partial charge on any atom is 0.0866 e. The first-order valence-corrected chi connectivity index (χ1v) is 7.59. The molecule has 2 nitrogen and oxygen atoms in total. The zero-order chi connectivity index (χ0) is 14.2. The molecule has 1 atom stereocenters. The van der Waals surface area contributed by atoms with E-state index in [1.165, 1.54) is 24.0 Å². The summed E-state index contributed by atoms with van der Waals surface area (Å²) in [5.74, 6) is 0. The minimum absolute atomic E-state index is 0.0134. The van der Waals surface area contributed by atoms with Gasteiger partial charge in [0.25, 0.3) is 0 Å². The Bertz CT molecular complexity index is 551. The zero-order valence-electron chi connectivity index (χ0n) is 12.8. The summed E-state index contributed by atoms with van der Waals surface area (Å²) >= 11 is 0. The highest BCUT2D eigenvalue weighted by atomic mass is 15.2. The molecule has 1 unspecified atom stereocenters. The van der Waals surface area contributed by atoms with Crippen LogP contribution in [-0.4, -0.2) is 23.3 Å². The molecule has 0 saturated heterocycles. The van der Waals surface area contributed by atoms with E-state index in [1.807, 2.05) is 0 Å². The van der Waals surface area contributed by atoms with E-state index in [4.69, 9.17) is 4.99 Å². The van der Waals surface area contributed by atoms with Crippen molar-refractivity contribution in [2.75, 3.05) is 6.54 Å². The van der Waals surface area contributed by atoms with Crippen molar-refractivity contribution >= 4 is 6.34 Å². The van der Waals surface area contributed by atoms with Crippen LogP contribution in [0.15, 0.2) is 41.4 Å². The molecule has 0 radical (unpaired) electrons. The smallest absolute Gasteiger partial charge is 0.0866 e. The molecular weight excluding hydrogens is 244 g/mol. The summed E-state index contributed by atoms with van der Waals surface area (Å²) in [4.78, 5) is 7.19. The Morgan fingerprint density at radius 2 is 2.05 bits per heavy atom. The topological polar surface area (TPSA) is 15.6 Å². The molecule has 1 aromatic rings. The Labute approximate surface area is 122 Å². The first-order chi connectivity index (χ1) is 9.51. The second-order valence-electron chi connectivity index (χ2n) is 6.88. The lowest BCUT2D eigenvalue weighted by Gasteiger charge is -2.41. The summed E-state index contributed by atoms with van der Waals surface area (Å²) in [5.41, 5.74) is 2.99. The highest BCUT2D eigenvalue weighted by molar-refractivity contribution is 5.61. The first kappa shape index (κ1) is 13.4. The van der Waals surface area contributed by atoms with Crippen LogP contribution < -0.4 is 0 Å². The lowest BCUT2D eigenvalue weighted by atomic mass is 9.87. The van der Waals surface area contributed by atoms with E-state index in [0.717, 1.165) is 13.0 Å². The van der Waals surface area contributed by atoms with Crippen molar-refractivity contribution in [2.24, 2.45) is 4.99 Å². The van der Waals surface area contributed by atoms with Crippen LogP contribution in [0.25, 0.3) is 0 Å². The maximum absolute atomic E-state index is 4.74. The van der Waals surface area contributed by atoms with Crippen LogP contribution in [0, 0.1) is 0 Å². The fourth-order valence-electron chi connectivity index (χ4n) is 3.28. The summed E-state index contributed by atoms with van der Waals surface area (Å²) in [6.45, 7) is 7.51. The van der Waals surface area contributed by atoms with Gasteiger partial charge in [-0.1, -0.05) is 36.4 Å². The van der Waals surface area contributed by atoms with E-state index in [1.54, 1.807) is 0 Å². The minimum atomic E-state index is -0.0134. The van der Waals surface area contributed by atoms with Crippen LogP contribution in [-0.2, 0) is 12.0 Å². The van der Waals surface area contributed by atoms with E-state index in [2.05, 4.69) is 68.4 Å². The fraction of sp³-hybridized carbons (Fsp3) is 0.500. The van der Waals surface area contributed by atoms with Gasteiger partial charge >= 0.3 is 0 Å². The highest BCUT2D eigenvalue weighted by Gasteiger charge is 2.41. The zero-order valence-corrected chi connectivity index (χ0v) is 12.8. The van der Waals surface area contributed by atoms with Gasteiger partial charge in [0, 0.05) is 6.54 Å². The van der Waals surface area contributed by atoms with E-state index in [9.17, 15) is 0 Å². The number of fused-ring (bicyclic) bond motifs is 2. The van der Waals surface area contributed by atoms with Crippen molar-refractivity contribution in [2.45, 2.75) is 51.1 Å². The molecule has 20 heavy (non-hydrogen) atoms. The average Bonchev–Trinajstić information content (AvgIpc) is 2.77. The van der Waals surface area contributed by atoms with Crippen molar-refractivity contribution in [3.8, 4) is 0 Å². The molecule has 1 heterocycles. The van der Waals surface area contributed by atoms with Crippen molar-refractivity contribution in [3.63, 3.8) is 0 Å². The molecule has 2 aliphatic rings. The molecule has 106 valence electrons. The number of aryl methyl sites for hydroxylation is 1. The predicted octanol–water partition coefficient (Wildman–Crippen LogP) is 3.92. The normalized spacial score (nSPS) is 25.6. The van der Waals surface area contributed by atoms with Gasteiger partial charge in [-0.15, -0.1) is 0 Å². The molecule has 1 spiro atoms. The maximum atomic E-state index is 4.74. The molecule has 0 saturated carbocycles. The van der Waals surface area contributed by atoms with Crippen LogP contribution >= 0.6 is 0 Å². The molecule has 2 heteroatoms. The van der Waals surface area contributed by atoms with Crippen molar-refractivity contribution < 1.29 is 0 Å². The molecule has 0 aromatic heterocycles. The third kappa shape index (κ3) is 2.28. The number of hydrogen-bond donors (Lipinski definition) is 0. The molecule has 1 aliphatic heterocycles. The van der Waals surface area contributed by atoms with Gasteiger partial charge in [0.1, 0.15) is 0 Å². The summed E-state index contributed by atoms with van der Waals surface area (Å²) in [5, 5.41) is 0. The monoisotopic (exact) mass is 268 g/mol. The Morgan fingerprint density at radius 1 is 1.25 bits per heavy atom. The Hall–Kier alpha value is -1.57. The van der Waals surface area contributed by atoms with Gasteiger partial charge in [-0.2, -0.15) is 0 Å². The molecular formula is C18H24N2. The van der Waals surface area contributed by atoms with Gasteiger partial charge < -0.3 is 4.90 Å². The summed E-state index contributed by atoms with van der Waals surface area (Å²) in [6, 6.07) is 8.87.